The summed E-state index contributed by atoms with van der Waals surface area (Å²) in [6.07, 6.45) is -1.48. The summed E-state index contributed by atoms with van der Waals surface area (Å²) in [5.41, 5.74) is 0. The van der Waals surface area contributed by atoms with Crippen molar-refractivity contribution >= 4 is 0 Å². The highest BCUT2D eigenvalue weighted by molar-refractivity contribution is 4.95. The Labute approximate surface area is 59.8 Å². The van der Waals surface area contributed by atoms with Gasteiger partial charge in [0.25, 0.3) is 0 Å². The van der Waals surface area contributed by atoms with Gasteiger partial charge in [-0.25, -0.2) is 8.78 Å². The Morgan fingerprint density at radius 1 is 1.40 bits per heavy atom. The molecule has 3 heteroatoms. The van der Waals surface area contributed by atoms with Crippen LogP contribution in [0, 0.1) is 5.92 Å². The number of nitrogens with one attached hydrogen (secondary N) is 1. The molecular formula is C7H13F2N. The van der Waals surface area contributed by atoms with Crippen molar-refractivity contribution in [2.24, 2.45) is 5.92 Å². The predicted molar refractivity (Wildman–Crippen MR) is 36.2 cm³/mol. The van der Waals surface area contributed by atoms with Gasteiger partial charge < -0.3 is 5.32 Å². The van der Waals surface area contributed by atoms with E-state index in [9.17, 15) is 8.78 Å². The van der Waals surface area contributed by atoms with Crippen molar-refractivity contribution in [2.75, 3.05) is 0 Å². The molecule has 0 heterocycles. The fraction of sp³-hybridized carbons (Fsp3) is 1.00. The van der Waals surface area contributed by atoms with Crippen molar-refractivity contribution in [1.29, 1.82) is 0 Å². The van der Waals surface area contributed by atoms with Gasteiger partial charge >= 0.3 is 0 Å². The molecule has 1 aliphatic rings. The molecule has 0 bridgehead atoms. The van der Waals surface area contributed by atoms with E-state index < -0.39 is 6.43 Å². The van der Waals surface area contributed by atoms with Gasteiger partial charge in [-0.1, -0.05) is 13.8 Å². The highest BCUT2D eigenvalue weighted by atomic mass is 19.3. The van der Waals surface area contributed by atoms with Gasteiger partial charge in [-0.15, -0.1) is 0 Å². The molecule has 0 unspecified atom stereocenters. The van der Waals surface area contributed by atoms with Crippen molar-refractivity contribution in [1.82, 2.24) is 5.32 Å². The first-order valence-electron chi connectivity index (χ1n) is 3.65. The number of hydrogen-bond donors (Lipinski definition) is 1. The van der Waals surface area contributed by atoms with Gasteiger partial charge in [-0.2, -0.15) is 0 Å². The summed E-state index contributed by atoms with van der Waals surface area (Å²) in [6, 6.07) is 0.411. The minimum absolute atomic E-state index is 0.0833. The predicted octanol–water partition coefficient (Wildman–Crippen LogP) is 1.64. The molecule has 2 atom stereocenters. The zero-order chi connectivity index (χ0) is 7.72. The van der Waals surface area contributed by atoms with Crippen LogP contribution in [0.5, 0.6) is 0 Å². The largest absolute Gasteiger partial charge is 0.311 e. The van der Waals surface area contributed by atoms with Crippen LogP contribution in [0.4, 0.5) is 8.78 Å². The maximum atomic E-state index is 11.9. The van der Waals surface area contributed by atoms with E-state index in [-0.39, 0.29) is 12.0 Å². The highest BCUT2D eigenvalue weighted by Crippen LogP contribution is 2.36. The van der Waals surface area contributed by atoms with Crippen molar-refractivity contribution in [3.63, 3.8) is 0 Å². The summed E-state index contributed by atoms with van der Waals surface area (Å²) in [6.45, 7) is 3.95. The van der Waals surface area contributed by atoms with Gasteiger partial charge in [0.15, 0.2) is 0 Å². The van der Waals surface area contributed by atoms with Crippen LogP contribution in [0.1, 0.15) is 20.3 Å². The quantitative estimate of drug-likeness (QED) is 0.643. The zero-order valence-electron chi connectivity index (χ0n) is 6.27. The fourth-order valence-electron chi connectivity index (χ4n) is 1.11. The summed E-state index contributed by atoms with van der Waals surface area (Å²) < 4.78 is 23.8. The van der Waals surface area contributed by atoms with E-state index in [1.807, 2.05) is 13.8 Å². The Hall–Kier alpha value is -0.180. The Morgan fingerprint density at radius 2 is 2.00 bits per heavy atom. The van der Waals surface area contributed by atoms with Crippen LogP contribution in [0.15, 0.2) is 0 Å². The Bertz CT molecular complexity index is 114. The molecule has 1 fully saturated rings. The van der Waals surface area contributed by atoms with E-state index in [1.54, 1.807) is 0 Å². The molecule has 60 valence electrons. The third kappa shape index (κ3) is 1.90. The molecule has 0 amide bonds. The molecule has 0 aromatic heterocycles. The molecule has 10 heavy (non-hydrogen) atoms. The monoisotopic (exact) mass is 149 g/mol. The van der Waals surface area contributed by atoms with Crippen molar-refractivity contribution in [3.8, 4) is 0 Å². The second-order valence-electron chi connectivity index (χ2n) is 3.16. The van der Waals surface area contributed by atoms with Crippen LogP contribution in [0.2, 0.25) is 0 Å². The van der Waals surface area contributed by atoms with Crippen molar-refractivity contribution in [2.45, 2.75) is 38.8 Å². The van der Waals surface area contributed by atoms with E-state index in [4.69, 9.17) is 0 Å². The molecule has 0 aromatic rings. The van der Waals surface area contributed by atoms with E-state index >= 15 is 0 Å². The smallest absolute Gasteiger partial charge is 0.242 e. The van der Waals surface area contributed by atoms with Crippen LogP contribution in [-0.2, 0) is 0 Å². The van der Waals surface area contributed by atoms with Gasteiger partial charge in [0, 0.05) is 18.0 Å². The number of rotatable bonds is 3. The van der Waals surface area contributed by atoms with E-state index in [2.05, 4.69) is 5.32 Å². The van der Waals surface area contributed by atoms with Gasteiger partial charge in [0.2, 0.25) is 6.43 Å². The van der Waals surface area contributed by atoms with Crippen LogP contribution in [0.25, 0.3) is 0 Å². The topological polar surface area (TPSA) is 12.0 Å². The summed E-state index contributed by atoms with van der Waals surface area (Å²) in [4.78, 5) is 0. The lowest BCUT2D eigenvalue weighted by atomic mass is 10.3. The Balaban J connectivity index is 2.13. The molecule has 1 nitrogen and oxygen atoms in total. The molecule has 0 aliphatic heterocycles. The van der Waals surface area contributed by atoms with Gasteiger partial charge in [0.1, 0.15) is 0 Å². The SMILES string of the molecule is CC(C)N[C@@H]1C[C@@H]1C(F)F. The first kappa shape index (κ1) is 7.92. The summed E-state index contributed by atoms with van der Waals surface area (Å²) in [5.74, 6) is -0.373. The van der Waals surface area contributed by atoms with Gasteiger partial charge in [-0.3, -0.25) is 0 Å². The molecule has 1 N–H and O–H groups in total. The number of alkyl halides is 2. The van der Waals surface area contributed by atoms with Crippen LogP contribution < -0.4 is 5.32 Å². The maximum absolute atomic E-state index is 11.9. The maximum Gasteiger partial charge on any atom is 0.242 e. The molecule has 1 saturated carbocycles. The van der Waals surface area contributed by atoms with Crippen molar-refractivity contribution in [3.05, 3.63) is 0 Å². The average Bonchev–Trinajstić information content (AvgIpc) is 2.43. The van der Waals surface area contributed by atoms with Crippen LogP contribution in [-0.4, -0.2) is 18.5 Å². The van der Waals surface area contributed by atoms with Crippen LogP contribution >= 0.6 is 0 Å². The lowest BCUT2D eigenvalue weighted by molar-refractivity contribution is 0.118. The second kappa shape index (κ2) is 2.82. The Morgan fingerprint density at radius 3 is 2.30 bits per heavy atom. The molecular weight excluding hydrogens is 136 g/mol. The second-order valence-corrected chi connectivity index (χ2v) is 3.16. The molecule has 0 saturated heterocycles. The summed E-state index contributed by atoms with van der Waals surface area (Å²) in [5, 5.41) is 3.07. The summed E-state index contributed by atoms with van der Waals surface area (Å²) in [7, 11) is 0. The molecule has 1 aliphatic carbocycles. The highest BCUT2D eigenvalue weighted by Gasteiger charge is 2.43. The molecule has 0 radical (unpaired) electrons. The normalized spacial score (nSPS) is 31.8. The molecule has 0 spiro atoms. The van der Waals surface area contributed by atoms with E-state index in [0.717, 1.165) is 0 Å². The average molecular weight is 149 g/mol. The van der Waals surface area contributed by atoms with Gasteiger partial charge in [0.05, 0.1) is 0 Å². The minimum Gasteiger partial charge on any atom is -0.311 e. The standard InChI is InChI=1S/C7H13F2N/c1-4(2)10-6-3-5(6)7(8)9/h4-7,10H,3H2,1-2H3/t5-,6+/m0/s1. The summed E-state index contributed by atoms with van der Waals surface area (Å²) >= 11 is 0. The third-order valence-corrected chi connectivity index (χ3v) is 1.71. The minimum atomic E-state index is -2.13. The lowest BCUT2D eigenvalue weighted by Crippen LogP contribution is -2.27. The first-order valence-corrected chi connectivity index (χ1v) is 3.65. The fourth-order valence-corrected chi connectivity index (χ4v) is 1.11. The first-order chi connectivity index (χ1) is 4.61. The van der Waals surface area contributed by atoms with Gasteiger partial charge in [-0.05, 0) is 6.42 Å². The Kier molecular flexibility index (Phi) is 2.24. The zero-order valence-corrected chi connectivity index (χ0v) is 6.27. The lowest BCUT2D eigenvalue weighted by Gasteiger charge is -2.05. The number of halogens is 2. The van der Waals surface area contributed by atoms with E-state index in [1.165, 1.54) is 0 Å². The van der Waals surface area contributed by atoms with Crippen molar-refractivity contribution < 1.29 is 8.78 Å². The van der Waals surface area contributed by atoms with Crippen LogP contribution in [0.3, 0.4) is 0 Å². The third-order valence-electron chi connectivity index (χ3n) is 1.71. The molecule has 0 aromatic carbocycles. The van der Waals surface area contributed by atoms with E-state index in [0.29, 0.717) is 12.5 Å². The number of hydrogen-bond acceptors (Lipinski definition) is 1. The molecule has 1 rings (SSSR count).